The molecule has 0 aliphatic rings. The van der Waals surface area contributed by atoms with Crippen LogP contribution in [-0.4, -0.2) is 31.8 Å². The summed E-state index contributed by atoms with van der Waals surface area (Å²) in [6.07, 6.45) is 3.27. The van der Waals surface area contributed by atoms with Gasteiger partial charge in [0.1, 0.15) is 5.82 Å². The Kier molecular flexibility index (Phi) is 6.17. The SMILES string of the molecule is COCCNCCCc1ncc(-c2ccc(F)cc2Cl)o1. The normalized spacial score (nSPS) is 11.0. The van der Waals surface area contributed by atoms with E-state index in [-0.39, 0.29) is 5.82 Å². The van der Waals surface area contributed by atoms with Gasteiger partial charge in [-0.05, 0) is 31.2 Å². The zero-order valence-electron chi connectivity index (χ0n) is 11.9. The molecule has 0 unspecified atom stereocenters. The molecule has 0 bridgehead atoms. The molecule has 2 aromatic rings. The lowest BCUT2D eigenvalue weighted by atomic mass is 10.2. The number of methoxy groups -OCH3 is 1. The van der Waals surface area contributed by atoms with Crippen LogP contribution in [0.2, 0.25) is 5.02 Å². The molecule has 2 rings (SSSR count). The van der Waals surface area contributed by atoms with Crippen molar-refractivity contribution in [2.45, 2.75) is 12.8 Å². The largest absolute Gasteiger partial charge is 0.441 e. The predicted molar refractivity (Wildman–Crippen MR) is 80.0 cm³/mol. The summed E-state index contributed by atoms with van der Waals surface area (Å²) >= 11 is 6.00. The van der Waals surface area contributed by atoms with Crippen LogP contribution in [-0.2, 0) is 11.2 Å². The first-order valence-corrected chi connectivity index (χ1v) is 7.18. The predicted octanol–water partition coefficient (Wildman–Crippen LogP) is 3.30. The highest BCUT2D eigenvalue weighted by molar-refractivity contribution is 6.33. The number of hydrogen-bond donors (Lipinski definition) is 1. The van der Waals surface area contributed by atoms with Gasteiger partial charge >= 0.3 is 0 Å². The van der Waals surface area contributed by atoms with Gasteiger partial charge in [0.25, 0.3) is 0 Å². The van der Waals surface area contributed by atoms with E-state index in [1.165, 1.54) is 12.1 Å². The van der Waals surface area contributed by atoms with Crippen LogP contribution in [0.4, 0.5) is 4.39 Å². The minimum absolute atomic E-state index is 0.318. The molecule has 0 saturated heterocycles. The van der Waals surface area contributed by atoms with E-state index in [9.17, 15) is 4.39 Å². The molecular weight excluding hydrogens is 295 g/mol. The van der Waals surface area contributed by atoms with Crippen LogP contribution in [0, 0.1) is 5.82 Å². The average molecular weight is 313 g/mol. The first-order chi connectivity index (χ1) is 10.2. The summed E-state index contributed by atoms with van der Waals surface area (Å²) in [5, 5.41) is 3.57. The molecular formula is C15H18ClFN2O2. The van der Waals surface area contributed by atoms with Crippen LogP contribution in [0.3, 0.4) is 0 Å². The summed E-state index contributed by atoms with van der Waals surface area (Å²) in [5.41, 5.74) is 0.648. The van der Waals surface area contributed by atoms with Crippen LogP contribution in [0.1, 0.15) is 12.3 Å². The Morgan fingerprint density at radius 1 is 1.38 bits per heavy atom. The number of nitrogens with zero attached hydrogens (tertiary/aromatic N) is 1. The summed E-state index contributed by atoms with van der Waals surface area (Å²) in [6.45, 7) is 2.41. The molecule has 6 heteroatoms. The summed E-state index contributed by atoms with van der Waals surface area (Å²) in [7, 11) is 1.68. The number of rotatable bonds is 8. The fraction of sp³-hybridized carbons (Fsp3) is 0.400. The third-order valence-electron chi connectivity index (χ3n) is 2.98. The summed E-state index contributed by atoms with van der Waals surface area (Å²) in [4.78, 5) is 4.22. The van der Waals surface area contributed by atoms with Gasteiger partial charge in [0, 0.05) is 25.6 Å². The molecule has 0 aliphatic carbocycles. The van der Waals surface area contributed by atoms with Gasteiger partial charge in [-0.25, -0.2) is 9.37 Å². The molecule has 21 heavy (non-hydrogen) atoms. The number of benzene rings is 1. The van der Waals surface area contributed by atoms with Crippen molar-refractivity contribution in [2.24, 2.45) is 0 Å². The van der Waals surface area contributed by atoms with Crippen molar-refractivity contribution in [3.63, 3.8) is 0 Å². The van der Waals surface area contributed by atoms with Crippen molar-refractivity contribution in [1.82, 2.24) is 10.3 Å². The third kappa shape index (κ3) is 4.81. The fourth-order valence-corrected chi connectivity index (χ4v) is 2.16. The van der Waals surface area contributed by atoms with Gasteiger partial charge < -0.3 is 14.5 Å². The highest BCUT2D eigenvalue weighted by Crippen LogP contribution is 2.29. The molecule has 0 spiro atoms. The Labute approximate surface area is 128 Å². The van der Waals surface area contributed by atoms with Gasteiger partial charge in [-0.3, -0.25) is 0 Å². The zero-order chi connectivity index (χ0) is 15.1. The number of oxazole rings is 1. The van der Waals surface area contributed by atoms with Crippen LogP contribution in [0.15, 0.2) is 28.8 Å². The highest BCUT2D eigenvalue weighted by Gasteiger charge is 2.10. The quantitative estimate of drug-likeness (QED) is 0.760. The van der Waals surface area contributed by atoms with Crippen molar-refractivity contribution in [3.8, 4) is 11.3 Å². The Morgan fingerprint density at radius 3 is 3.00 bits per heavy atom. The van der Waals surface area contributed by atoms with Crippen LogP contribution >= 0.6 is 11.6 Å². The Morgan fingerprint density at radius 2 is 2.24 bits per heavy atom. The molecule has 0 fully saturated rings. The minimum atomic E-state index is -0.370. The van der Waals surface area contributed by atoms with Gasteiger partial charge in [0.05, 0.1) is 17.8 Å². The minimum Gasteiger partial charge on any atom is -0.441 e. The first-order valence-electron chi connectivity index (χ1n) is 6.80. The molecule has 1 N–H and O–H groups in total. The second-order valence-corrected chi connectivity index (χ2v) is 5.00. The van der Waals surface area contributed by atoms with E-state index >= 15 is 0 Å². The molecule has 0 atom stereocenters. The van der Waals surface area contributed by atoms with Crippen LogP contribution in [0.25, 0.3) is 11.3 Å². The molecule has 1 aromatic heterocycles. The number of hydrogen-bond acceptors (Lipinski definition) is 4. The summed E-state index contributed by atoms with van der Waals surface area (Å²) in [6, 6.07) is 4.20. The standard InChI is InChI=1S/C15H18ClFN2O2/c1-20-8-7-18-6-2-3-15-19-10-14(21-15)12-5-4-11(17)9-13(12)16/h4-5,9-10,18H,2-3,6-8H2,1H3. The third-order valence-corrected chi connectivity index (χ3v) is 3.29. The number of ether oxygens (including phenoxy) is 1. The molecule has 0 saturated carbocycles. The van der Waals surface area contributed by atoms with Crippen molar-refractivity contribution in [2.75, 3.05) is 26.8 Å². The van der Waals surface area contributed by atoms with E-state index in [1.54, 1.807) is 19.4 Å². The lowest BCUT2D eigenvalue weighted by molar-refractivity contribution is 0.199. The Hall–Kier alpha value is -1.43. The van der Waals surface area contributed by atoms with Gasteiger partial charge in [-0.2, -0.15) is 0 Å². The van der Waals surface area contributed by atoms with Gasteiger partial charge in [-0.15, -0.1) is 0 Å². The van der Waals surface area contributed by atoms with Crippen molar-refractivity contribution in [1.29, 1.82) is 0 Å². The molecule has 4 nitrogen and oxygen atoms in total. The maximum absolute atomic E-state index is 13.0. The molecule has 1 heterocycles. The number of halogens is 2. The topological polar surface area (TPSA) is 47.3 Å². The van der Waals surface area contributed by atoms with Crippen molar-refractivity contribution in [3.05, 3.63) is 41.1 Å². The van der Waals surface area contributed by atoms with Gasteiger partial charge in [0.2, 0.25) is 0 Å². The Balaban J connectivity index is 1.86. The number of aryl methyl sites for hydroxylation is 1. The summed E-state index contributed by atoms with van der Waals surface area (Å²) < 4.78 is 23.6. The molecule has 1 aromatic carbocycles. The van der Waals surface area contributed by atoms with E-state index < -0.39 is 0 Å². The maximum atomic E-state index is 13.0. The number of aromatic nitrogens is 1. The van der Waals surface area contributed by atoms with Crippen molar-refractivity contribution >= 4 is 11.6 Å². The van der Waals surface area contributed by atoms with E-state index in [0.717, 1.165) is 25.9 Å². The zero-order valence-corrected chi connectivity index (χ0v) is 12.6. The van der Waals surface area contributed by atoms with Gasteiger partial charge in [0.15, 0.2) is 11.7 Å². The summed E-state index contributed by atoms with van der Waals surface area (Å²) in [5.74, 6) is 0.840. The molecule has 0 amide bonds. The molecule has 114 valence electrons. The molecule has 0 aliphatic heterocycles. The lowest BCUT2D eigenvalue weighted by Gasteiger charge is -2.02. The smallest absolute Gasteiger partial charge is 0.194 e. The number of nitrogens with one attached hydrogen (secondary N) is 1. The average Bonchev–Trinajstić information content (AvgIpc) is 2.91. The van der Waals surface area contributed by atoms with E-state index in [0.29, 0.717) is 28.8 Å². The van der Waals surface area contributed by atoms with E-state index in [2.05, 4.69) is 10.3 Å². The highest BCUT2D eigenvalue weighted by atomic mass is 35.5. The second-order valence-electron chi connectivity index (χ2n) is 4.59. The van der Waals surface area contributed by atoms with Crippen LogP contribution in [0.5, 0.6) is 0 Å². The Bertz CT molecular complexity index is 575. The van der Waals surface area contributed by atoms with E-state index in [4.69, 9.17) is 20.8 Å². The monoisotopic (exact) mass is 312 g/mol. The fourth-order valence-electron chi connectivity index (χ4n) is 1.90. The van der Waals surface area contributed by atoms with E-state index in [1.807, 2.05) is 0 Å². The maximum Gasteiger partial charge on any atom is 0.194 e. The van der Waals surface area contributed by atoms with Crippen LogP contribution < -0.4 is 5.32 Å². The second kappa shape index (κ2) is 8.12. The van der Waals surface area contributed by atoms with Crippen molar-refractivity contribution < 1.29 is 13.5 Å². The van der Waals surface area contributed by atoms with Gasteiger partial charge in [-0.1, -0.05) is 11.6 Å². The molecule has 0 radical (unpaired) electrons. The first kappa shape index (κ1) is 15.9. The lowest BCUT2D eigenvalue weighted by Crippen LogP contribution is -2.20.